The molecule has 7 nitrogen and oxygen atoms in total. The van der Waals surface area contributed by atoms with Gasteiger partial charge in [0.25, 0.3) is 0 Å². The van der Waals surface area contributed by atoms with Crippen molar-refractivity contribution >= 4 is 23.5 Å². The van der Waals surface area contributed by atoms with Crippen LogP contribution in [0.2, 0.25) is 0 Å². The Hall–Kier alpha value is -3.71. The number of carbonyl (C=O) groups is 1. The Kier molecular flexibility index (Phi) is 7.32. The van der Waals surface area contributed by atoms with Crippen molar-refractivity contribution in [3.05, 3.63) is 84.3 Å². The lowest BCUT2D eigenvalue weighted by Gasteiger charge is -2.36. The van der Waals surface area contributed by atoms with E-state index in [1.165, 1.54) is 6.08 Å². The monoisotopic (exact) mass is 444 g/mol. The quantitative estimate of drug-likeness (QED) is 0.547. The summed E-state index contributed by atoms with van der Waals surface area (Å²) in [6.45, 7) is 6.14. The van der Waals surface area contributed by atoms with Crippen LogP contribution in [-0.4, -0.2) is 41.2 Å². The third-order valence-corrected chi connectivity index (χ3v) is 5.18. The third-order valence-electron chi connectivity index (χ3n) is 5.18. The SMILES string of the molecule is CC1CN(c2ccc(NC(=O)C=Cc3ccc(OCc4ccccn4)cc3)cn2)CC(C)O1. The summed E-state index contributed by atoms with van der Waals surface area (Å²) in [6, 6.07) is 17.1. The molecule has 3 aromatic rings. The molecule has 170 valence electrons. The summed E-state index contributed by atoms with van der Waals surface area (Å²) in [6.07, 6.45) is 7.02. The van der Waals surface area contributed by atoms with Crippen LogP contribution in [0.5, 0.6) is 5.75 Å². The van der Waals surface area contributed by atoms with Crippen molar-refractivity contribution in [1.82, 2.24) is 9.97 Å². The molecular weight excluding hydrogens is 416 g/mol. The second-order valence-corrected chi connectivity index (χ2v) is 8.07. The fourth-order valence-electron chi connectivity index (χ4n) is 3.68. The maximum Gasteiger partial charge on any atom is 0.248 e. The lowest BCUT2D eigenvalue weighted by Crippen LogP contribution is -2.45. The molecule has 1 aromatic carbocycles. The minimum absolute atomic E-state index is 0.168. The van der Waals surface area contributed by atoms with Crippen LogP contribution >= 0.6 is 0 Å². The Labute approximate surface area is 194 Å². The van der Waals surface area contributed by atoms with Gasteiger partial charge < -0.3 is 19.7 Å². The Bertz CT molecular complexity index is 1060. The van der Waals surface area contributed by atoms with Crippen molar-refractivity contribution in [2.45, 2.75) is 32.7 Å². The smallest absolute Gasteiger partial charge is 0.248 e. The van der Waals surface area contributed by atoms with Crippen molar-refractivity contribution in [1.29, 1.82) is 0 Å². The van der Waals surface area contributed by atoms with E-state index in [4.69, 9.17) is 9.47 Å². The van der Waals surface area contributed by atoms with Crippen molar-refractivity contribution in [3.63, 3.8) is 0 Å². The molecule has 0 radical (unpaired) electrons. The van der Waals surface area contributed by atoms with E-state index >= 15 is 0 Å². The van der Waals surface area contributed by atoms with E-state index in [0.717, 1.165) is 35.9 Å². The number of nitrogens with zero attached hydrogens (tertiary/aromatic N) is 3. The molecule has 2 atom stereocenters. The van der Waals surface area contributed by atoms with E-state index in [1.807, 2.05) is 54.6 Å². The fraction of sp³-hybridized carbons (Fsp3) is 0.269. The molecule has 0 saturated carbocycles. The molecule has 0 aliphatic carbocycles. The van der Waals surface area contributed by atoms with E-state index in [0.29, 0.717) is 12.3 Å². The Morgan fingerprint density at radius 2 is 1.88 bits per heavy atom. The number of anilines is 2. The Balaban J connectivity index is 1.27. The molecule has 1 aliphatic heterocycles. The van der Waals surface area contributed by atoms with Gasteiger partial charge in [0.15, 0.2) is 0 Å². The zero-order chi connectivity index (χ0) is 23.0. The summed E-state index contributed by atoms with van der Waals surface area (Å²) in [4.78, 5) is 23.2. The molecule has 1 aliphatic rings. The predicted octanol–water partition coefficient (Wildman–Crippen LogP) is 4.32. The number of benzene rings is 1. The maximum absolute atomic E-state index is 12.3. The summed E-state index contributed by atoms with van der Waals surface area (Å²) < 4.78 is 11.5. The molecule has 33 heavy (non-hydrogen) atoms. The van der Waals surface area contributed by atoms with Gasteiger partial charge in [-0.3, -0.25) is 9.78 Å². The highest BCUT2D eigenvalue weighted by molar-refractivity contribution is 6.01. The molecule has 1 N–H and O–H groups in total. The number of rotatable bonds is 7. The minimum Gasteiger partial charge on any atom is -0.487 e. The third kappa shape index (κ3) is 6.63. The number of hydrogen-bond acceptors (Lipinski definition) is 6. The molecule has 1 fully saturated rings. The van der Waals surface area contributed by atoms with E-state index in [2.05, 4.69) is 34.0 Å². The summed E-state index contributed by atoms with van der Waals surface area (Å²) >= 11 is 0. The molecule has 4 rings (SSSR count). The van der Waals surface area contributed by atoms with Gasteiger partial charge >= 0.3 is 0 Å². The van der Waals surface area contributed by atoms with Crippen LogP contribution in [0, 0.1) is 0 Å². The summed E-state index contributed by atoms with van der Waals surface area (Å²) in [5, 5.41) is 2.85. The second-order valence-electron chi connectivity index (χ2n) is 8.07. The normalized spacial score (nSPS) is 18.3. The highest BCUT2D eigenvalue weighted by Crippen LogP contribution is 2.20. The zero-order valence-electron chi connectivity index (χ0n) is 18.8. The Morgan fingerprint density at radius 3 is 2.55 bits per heavy atom. The molecule has 2 unspecified atom stereocenters. The van der Waals surface area contributed by atoms with Crippen molar-refractivity contribution in [2.24, 2.45) is 0 Å². The topological polar surface area (TPSA) is 76.6 Å². The number of morpholine rings is 1. The average Bonchev–Trinajstić information content (AvgIpc) is 2.83. The van der Waals surface area contributed by atoms with Crippen LogP contribution in [-0.2, 0) is 16.1 Å². The molecule has 0 bridgehead atoms. The standard InChI is InChI=1S/C26H28N4O3/c1-19-16-30(17-20(2)33-19)25-12-9-22(15-28-25)29-26(31)13-8-21-6-10-24(11-7-21)32-18-23-5-3-4-14-27-23/h3-15,19-20H,16-18H2,1-2H3,(H,29,31). The molecule has 7 heteroatoms. The number of pyridine rings is 2. The number of amides is 1. The summed E-state index contributed by atoms with van der Waals surface area (Å²) in [5.41, 5.74) is 2.43. The van der Waals surface area contributed by atoms with Crippen LogP contribution in [0.25, 0.3) is 6.08 Å². The van der Waals surface area contributed by atoms with Gasteiger partial charge in [0.05, 0.1) is 29.8 Å². The Morgan fingerprint density at radius 1 is 1.09 bits per heavy atom. The zero-order valence-corrected chi connectivity index (χ0v) is 18.8. The van der Waals surface area contributed by atoms with E-state index in [-0.39, 0.29) is 18.1 Å². The number of carbonyl (C=O) groups excluding carboxylic acids is 1. The second kappa shape index (κ2) is 10.7. The first-order valence-electron chi connectivity index (χ1n) is 11.0. The van der Waals surface area contributed by atoms with Gasteiger partial charge in [0, 0.05) is 25.4 Å². The largest absolute Gasteiger partial charge is 0.487 e. The molecule has 3 heterocycles. The minimum atomic E-state index is -0.214. The van der Waals surface area contributed by atoms with Gasteiger partial charge in [-0.2, -0.15) is 0 Å². The van der Waals surface area contributed by atoms with Gasteiger partial charge in [-0.15, -0.1) is 0 Å². The van der Waals surface area contributed by atoms with Crippen molar-refractivity contribution in [3.8, 4) is 5.75 Å². The van der Waals surface area contributed by atoms with Gasteiger partial charge in [0.2, 0.25) is 5.91 Å². The lowest BCUT2D eigenvalue weighted by molar-refractivity contribution is -0.111. The van der Waals surface area contributed by atoms with Crippen molar-refractivity contribution < 1.29 is 14.3 Å². The van der Waals surface area contributed by atoms with E-state index in [9.17, 15) is 4.79 Å². The van der Waals surface area contributed by atoms with Crippen LogP contribution in [0.1, 0.15) is 25.1 Å². The number of ether oxygens (including phenoxy) is 2. The highest BCUT2D eigenvalue weighted by atomic mass is 16.5. The fourth-order valence-corrected chi connectivity index (χ4v) is 3.68. The first-order valence-corrected chi connectivity index (χ1v) is 11.0. The van der Waals surface area contributed by atoms with Crippen molar-refractivity contribution in [2.75, 3.05) is 23.3 Å². The number of aromatic nitrogens is 2. The van der Waals surface area contributed by atoms with Crippen LogP contribution in [0.3, 0.4) is 0 Å². The summed E-state index contributed by atoms with van der Waals surface area (Å²) in [5.74, 6) is 1.42. The molecule has 1 saturated heterocycles. The van der Waals surface area contributed by atoms with E-state index < -0.39 is 0 Å². The van der Waals surface area contributed by atoms with E-state index in [1.54, 1.807) is 18.5 Å². The van der Waals surface area contributed by atoms with Gasteiger partial charge in [0.1, 0.15) is 18.2 Å². The van der Waals surface area contributed by atoms with Crippen LogP contribution < -0.4 is 15.0 Å². The van der Waals surface area contributed by atoms with Crippen LogP contribution in [0.15, 0.2) is 73.1 Å². The molecule has 0 spiro atoms. The number of nitrogens with one attached hydrogen (secondary N) is 1. The molecule has 2 aromatic heterocycles. The molecule has 1 amide bonds. The number of hydrogen-bond donors (Lipinski definition) is 1. The lowest BCUT2D eigenvalue weighted by atomic mass is 10.2. The van der Waals surface area contributed by atoms with Gasteiger partial charge in [-0.05, 0) is 61.9 Å². The van der Waals surface area contributed by atoms with Gasteiger partial charge in [-0.1, -0.05) is 18.2 Å². The highest BCUT2D eigenvalue weighted by Gasteiger charge is 2.22. The first-order chi connectivity index (χ1) is 16.0. The molecular formula is C26H28N4O3. The van der Waals surface area contributed by atoms with Gasteiger partial charge in [-0.25, -0.2) is 4.98 Å². The summed E-state index contributed by atoms with van der Waals surface area (Å²) in [7, 11) is 0. The first kappa shape index (κ1) is 22.5. The van der Waals surface area contributed by atoms with Crippen LogP contribution in [0.4, 0.5) is 11.5 Å². The predicted molar refractivity (Wildman–Crippen MR) is 129 cm³/mol. The average molecular weight is 445 g/mol. The maximum atomic E-state index is 12.3.